The van der Waals surface area contributed by atoms with Gasteiger partial charge in [0.2, 0.25) is 5.91 Å². The number of nitrogens with one attached hydrogen (secondary N) is 1. The molecule has 18 heavy (non-hydrogen) atoms. The number of amides is 1. The van der Waals surface area contributed by atoms with E-state index in [1.54, 1.807) is 0 Å². The second-order valence-electron chi connectivity index (χ2n) is 5.39. The van der Waals surface area contributed by atoms with Gasteiger partial charge >= 0.3 is 0 Å². The van der Waals surface area contributed by atoms with Crippen molar-refractivity contribution in [2.75, 3.05) is 0 Å². The van der Waals surface area contributed by atoms with Gasteiger partial charge in [-0.25, -0.2) is 0 Å². The Hall–Kier alpha value is -1.35. The average molecular weight is 246 g/mol. The molecule has 1 atom stereocenters. The van der Waals surface area contributed by atoms with Crippen LogP contribution in [-0.2, 0) is 11.3 Å². The number of hydrogen-bond acceptors (Lipinski definition) is 2. The predicted octanol–water partition coefficient (Wildman–Crippen LogP) is 2.21. The summed E-state index contributed by atoms with van der Waals surface area (Å²) in [7, 11) is 0. The van der Waals surface area contributed by atoms with E-state index >= 15 is 0 Å². The molecular weight excluding hydrogens is 224 g/mol. The lowest BCUT2D eigenvalue weighted by Gasteiger charge is -2.33. The summed E-state index contributed by atoms with van der Waals surface area (Å²) in [6.07, 6.45) is 4.61. The smallest absolute Gasteiger partial charge is 0.237 e. The molecule has 1 amide bonds. The van der Waals surface area contributed by atoms with E-state index < -0.39 is 5.54 Å². The Morgan fingerprint density at radius 3 is 2.50 bits per heavy atom. The van der Waals surface area contributed by atoms with Crippen molar-refractivity contribution in [1.29, 1.82) is 0 Å². The van der Waals surface area contributed by atoms with Gasteiger partial charge in [0.05, 0.1) is 5.54 Å². The third kappa shape index (κ3) is 2.72. The van der Waals surface area contributed by atoms with E-state index in [9.17, 15) is 4.79 Å². The molecule has 1 fully saturated rings. The molecule has 1 unspecified atom stereocenters. The molecule has 0 radical (unpaired) electrons. The highest BCUT2D eigenvalue weighted by Crippen LogP contribution is 2.34. The van der Waals surface area contributed by atoms with Crippen molar-refractivity contribution < 1.29 is 4.79 Å². The molecule has 1 saturated carbocycles. The van der Waals surface area contributed by atoms with Crippen molar-refractivity contribution in [2.24, 2.45) is 11.7 Å². The Labute approximate surface area is 109 Å². The Bertz CT molecular complexity index is 398. The summed E-state index contributed by atoms with van der Waals surface area (Å²) in [4.78, 5) is 11.8. The maximum atomic E-state index is 11.8. The Morgan fingerprint density at radius 1 is 1.33 bits per heavy atom. The summed E-state index contributed by atoms with van der Waals surface area (Å²) in [5.74, 6) is 0.143. The van der Waals surface area contributed by atoms with Gasteiger partial charge in [-0.3, -0.25) is 10.1 Å². The van der Waals surface area contributed by atoms with Gasteiger partial charge in [0.15, 0.2) is 0 Å². The van der Waals surface area contributed by atoms with Crippen molar-refractivity contribution in [3.8, 4) is 0 Å². The van der Waals surface area contributed by atoms with Crippen molar-refractivity contribution in [2.45, 2.75) is 44.7 Å². The van der Waals surface area contributed by atoms with Crippen LogP contribution in [0.1, 0.15) is 38.2 Å². The zero-order chi connectivity index (χ0) is 13.0. The molecule has 1 aromatic rings. The number of primary amides is 1. The maximum absolute atomic E-state index is 11.8. The fourth-order valence-corrected chi connectivity index (χ4v) is 2.82. The molecule has 3 heteroatoms. The Morgan fingerprint density at radius 2 is 1.94 bits per heavy atom. The molecule has 2 rings (SSSR count). The van der Waals surface area contributed by atoms with E-state index in [0.29, 0.717) is 12.5 Å². The van der Waals surface area contributed by atoms with Crippen LogP contribution in [0.5, 0.6) is 0 Å². The molecule has 1 aliphatic rings. The van der Waals surface area contributed by atoms with Crippen LogP contribution in [0.4, 0.5) is 0 Å². The third-order valence-corrected chi connectivity index (χ3v) is 4.19. The highest BCUT2D eigenvalue weighted by Gasteiger charge is 2.40. The fraction of sp³-hybridized carbons (Fsp3) is 0.533. The van der Waals surface area contributed by atoms with Crippen LogP contribution in [0.15, 0.2) is 30.3 Å². The molecule has 0 aromatic heterocycles. The van der Waals surface area contributed by atoms with Crippen molar-refractivity contribution in [3.63, 3.8) is 0 Å². The zero-order valence-electron chi connectivity index (χ0n) is 11.0. The fourth-order valence-electron chi connectivity index (χ4n) is 2.82. The van der Waals surface area contributed by atoms with Gasteiger partial charge in [-0.15, -0.1) is 0 Å². The van der Waals surface area contributed by atoms with Crippen LogP contribution >= 0.6 is 0 Å². The first-order valence-electron chi connectivity index (χ1n) is 6.72. The first-order chi connectivity index (χ1) is 8.63. The molecular formula is C15H22N2O. The van der Waals surface area contributed by atoms with Crippen LogP contribution in [0, 0.1) is 5.92 Å². The van der Waals surface area contributed by atoms with Gasteiger partial charge in [0.25, 0.3) is 0 Å². The minimum atomic E-state index is -0.577. The number of rotatable bonds is 5. The summed E-state index contributed by atoms with van der Waals surface area (Å²) < 4.78 is 0. The predicted molar refractivity (Wildman–Crippen MR) is 72.8 cm³/mol. The average Bonchev–Trinajstić information content (AvgIpc) is 2.91. The lowest BCUT2D eigenvalue weighted by atomic mass is 9.83. The molecule has 0 spiro atoms. The number of carbonyl (C=O) groups excluding carboxylic acids is 1. The van der Waals surface area contributed by atoms with Gasteiger partial charge in [-0.05, 0) is 31.2 Å². The highest BCUT2D eigenvalue weighted by molar-refractivity contribution is 5.84. The first kappa shape index (κ1) is 13.1. The zero-order valence-corrected chi connectivity index (χ0v) is 11.0. The van der Waals surface area contributed by atoms with Crippen LogP contribution < -0.4 is 11.1 Å². The molecule has 0 aliphatic heterocycles. The molecule has 98 valence electrons. The molecule has 1 aliphatic carbocycles. The van der Waals surface area contributed by atoms with Gasteiger partial charge < -0.3 is 5.73 Å². The molecule has 0 heterocycles. The van der Waals surface area contributed by atoms with Gasteiger partial charge in [-0.2, -0.15) is 0 Å². The van der Waals surface area contributed by atoms with Crippen LogP contribution in [0.25, 0.3) is 0 Å². The summed E-state index contributed by atoms with van der Waals surface area (Å²) in [6, 6.07) is 10.1. The SMILES string of the molecule is CC(NCc1ccccc1)(C(N)=O)C1CCCC1. The monoisotopic (exact) mass is 246 g/mol. The first-order valence-corrected chi connectivity index (χ1v) is 6.72. The minimum absolute atomic E-state index is 0.231. The minimum Gasteiger partial charge on any atom is -0.368 e. The van der Waals surface area contributed by atoms with Gasteiger partial charge in [0.1, 0.15) is 0 Å². The van der Waals surface area contributed by atoms with E-state index in [2.05, 4.69) is 17.4 Å². The number of benzene rings is 1. The highest BCUT2D eigenvalue weighted by atomic mass is 16.1. The third-order valence-electron chi connectivity index (χ3n) is 4.19. The van der Waals surface area contributed by atoms with Crippen LogP contribution in [-0.4, -0.2) is 11.4 Å². The van der Waals surface area contributed by atoms with Crippen molar-refractivity contribution in [3.05, 3.63) is 35.9 Å². The summed E-state index contributed by atoms with van der Waals surface area (Å²) in [6.45, 7) is 2.64. The van der Waals surface area contributed by atoms with E-state index in [0.717, 1.165) is 12.8 Å². The Kier molecular flexibility index (Phi) is 4.02. The molecule has 0 saturated heterocycles. The topological polar surface area (TPSA) is 55.1 Å². The molecule has 0 bridgehead atoms. The number of nitrogens with two attached hydrogens (primary N) is 1. The largest absolute Gasteiger partial charge is 0.368 e. The normalized spacial score (nSPS) is 19.6. The lowest BCUT2D eigenvalue weighted by molar-refractivity contribution is -0.126. The quantitative estimate of drug-likeness (QED) is 0.837. The lowest BCUT2D eigenvalue weighted by Crippen LogP contribution is -2.57. The summed E-state index contributed by atoms with van der Waals surface area (Å²) >= 11 is 0. The molecule has 3 N–H and O–H groups in total. The van der Waals surface area contributed by atoms with Crippen LogP contribution in [0.3, 0.4) is 0 Å². The second kappa shape index (κ2) is 5.53. The maximum Gasteiger partial charge on any atom is 0.237 e. The van der Waals surface area contributed by atoms with Crippen molar-refractivity contribution in [1.82, 2.24) is 5.32 Å². The van der Waals surface area contributed by atoms with E-state index in [-0.39, 0.29) is 5.91 Å². The summed E-state index contributed by atoms with van der Waals surface area (Å²) in [5.41, 5.74) is 6.22. The van der Waals surface area contributed by atoms with Gasteiger partial charge in [0, 0.05) is 6.54 Å². The van der Waals surface area contributed by atoms with E-state index in [4.69, 9.17) is 5.73 Å². The second-order valence-corrected chi connectivity index (χ2v) is 5.39. The van der Waals surface area contributed by atoms with Gasteiger partial charge in [-0.1, -0.05) is 43.2 Å². The van der Waals surface area contributed by atoms with E-state index in [1.165, 1.54) is 18.4 Å². The molecule has 3 nitrogen and oxygen atoms in total. The van der Waals surface area contributed by atoms with Crippen molar-refractivity contribution >= 4 is 5.91 Å². The standard InChI is InChI=1S/C15H22N2O/c1-15(14(16)18,13-9-5-6-10-13)17-11-12-7-3-2-4-8-12/h2-4,7-8,13,17H,5-6,9-11H2,1H3,(H2,16,18). The Balaban J connectivity index is 2.04. The van der Waals surface area contributed by atoms with E-state index in [1.807, 2.05) is 25.1 Å². The van der Waals surface area contributed by atoms with Crippen LogP contribution in [0.2, 0.25) is 0 Å². The number of carbonyl (C=O) groups is 1. The summed E-state index contributed by atoms with van der Waals surface area (Å²) in [5, 5.41) is 3.38. The number of hydrogen-bond donors (Lipinski definition) is 2. The molecule has 1 aromatic carbocycles.